The predicted molar refractivity (Wildman–Crippen MR) is 110 cm³/mol. The molecule has 1 fully saturated rings. The quantitative estimate of drug-likeness (QED) is 0.496. The third kappa shape index (κ3) is 5.08. The lowest BCUT2D eigenvalue weighted by molar-refractivity contribution is -0.137. The van der Waals surface area contributed by atoms with Crippen molar-refractivity contribution in [1.82, 2.24) is 9.88 Å². The Morgan fingerprint density at radius 1 is 1.12 bits per heavy atom. The van der Waals surface area contributed by atoms with E-state index in [1.54, 1.807) is 16.3 Å². The molecule has 1 amide bonds. The summed E-state index contributed by atoms with van der Waals surface area (Å²) in [6, 6.07) is 8.81. The maximum atomic E-state index is 14.7. The first-order valence-electron chi connectivity index (χ1n) is 9.72. The molecule has 3 aromatic rings. The number of alkyl halides is 3. The largest absolute Gasteiger partial charge is 0.489 e. The fraction of sp³-hybridized carbons (Fsp3) is 0.273. The molecule has 1 aliphatic heterocycles. The number of benzene rings is 2. The lowest BCUT2D eigenvalue weighted by Crippen LogP contribution is -2.40. The van der Waals surface area contributed by atoms with Crippen molar-refractivity contribution < 1.29 is 31.8 Å². The Labute approximate surface area is 185 Å². The topological polar surface area (TPSA) is 51.7 Å². The molecule has 1 aromatic heterocycles. The highest BCUT2D eigenvalue weighted by molar-refractivity contribution is 7.13. The van der Waals surface area contributed by atoms with E-state index in [4.69, 9.17) is 9.47 Å². The van der Waals surface area contributed by atoms with Gasteiger partial charge in [0.2, 0.25) is 0 Å². The Balaban J connectivity index is 1.41. The van der Waals surface area contributed by atoms with Crippen molar-refractivity contribution in [3.63, 3.8) is 0 Å². The molecule has 2 aromatic carbocycles. The number of carbonyl (C=O) groups is 1. The van der Waals surface area contributed by atoms with Gasteiger partial charge in [-0.05, 0) is 29.8 Å². The number of morpholine rings is 1. The first-order chi connectivity index (χ1) is 15.3. The number of rotatable bonds is 5. The Morgan fingerprint density at radius 3 is 2.50 bits per heavy atom. The summed E-state index contributed by atoms with van der Waals surface area (Å²) < 4.78 is 63.3. The molecule has 4 rings (SSSR count). The summed E-state index contributed by atoms with van der Waals surface area (Å²) in [5, 5.41) is 1.97. The summed E-state index contributed by atoms with van der Waals surface area (Å²) in [6.45, 7) is 1.93. The summed E-state index contributed by atoms with van der Waals surface area (Å²) in [4.78, 5) is 18.4. The predicted octanol–water partition coefficient (Wildman–Crippen LogP) is 5.02. The second-order valence-electron chi connectivity index (χ2n) is 7.07. The minimum absolute atomic E-state index is 0.00756. The molecule has 0 spiro atoms. The second-order valence-corrected chi connectivity index (χ2v) is 7.93. The first kappa shape index (κ1) is 22.2. The number of amides is 1. The molecule has 1 aliphatic rings. The fourth-order valence-corrected chi connectivity index (χ4v) is 3.96. The Hall–Kier alpha value is -2.98. The Morgan fingerprint density at radius 2 is 1.84 bits per heavy atom. The molecule has 1 saturated heterocycles. The van der Waals surface area contributed by atoms with Crippen LogP contribution in [-0.2, 0) is 17.5 Å². The smallest absolute Gasteiger partial charge is 0.416 e. The zero-order valence-corrected chi connectivity index (χ0v) is 17.5. The molecule has 0 saturated carbocycles. The lowest BCUT2D eigenvalue weighted by atomic mass is 10.1. The van der Waals surface area contributed by atoms with E-state index < -0.39 is 17.6 Å². The molecule has 0 bridgehead atoms. The van der Waals surface area contributed by atoms with Gasteiger partial charge < -0.3 is 14.4 Å². The number of thiazole rings is 1. The molecule has 0 N–H and O–H groups in total. The maximum absolute atomic E-state index is 14.7. The van der Waals surface area contributed by atoms with Crippen molar-refractivity contribution >= 4 is 17.2 Å². The van der Waals surface area contributed by atoms with Crippen molar-refractivity contribution in [2.75, 3.05) is 26.3 Å². The van der Waals surface area contributed by atoms with Crippen LogP contribution in [0.15, 0.2) is 47.8 Å². The maximum Gasteiger partial charge on any atom is 0.416 e. The van der Waals surface area contributed by atoms with Gasteiger partial charge in [-0.15, -0.1) is 11.3 Å². The second kappa shape index (κ2) is 9.25. The summed E-state index contributed by atoms with van der Waals surface area (Å²) in [5.74, 6) is -0.560. The van der Waals surface area contributed by atoms with Gasteiger partial charge in [0.25, 0.3) is 5.91 Å². The molecular weight excluding hydrogens is 448 g/mol. The van der Waals surface area contributed by atoms with E-state index in [0.717, 1.165) is 12.1 Å². The number of ether oxygens (including phenoxy) is 2. The van der Waals surface area contributed by atoms with Gasteiger partial charge >= 0.3 is 6.18 Å². The number of carbonyl (C=O) groups excluding carboxylic acids is 1. The molecule has 0 aliphatic carbocycles. The van der Waals surface area contributed by atoms with Crippen LogP contribution in [0, 0.1) is 5.82 Å². The van der Waals surface area contributed by atoms with Crippen LogP contribution in [0.1, 0.15) is 21.6 Å². The van der Waals surface area contributed by atoms with Gasteiger partial charge in [-0.3, -0.25) is 4.79 Å². The zero-order chi connectivity index (χ0) is 22.7. The highest BCUT2D eigenvalue weighted by Crippen LogP contribution is 2.31. The molecule has 0 radical (unpaired) electrons. The summed E-state index contributed by atoms with van der Waals surface area (Å²) >= 11 is 1.17. The Bertz CT molecular complexity index is 1090. The highest BCUT2D eigenvalue weighted by Gasteiger charge is 2.30. The van der Waals surface area contributed by atoms with Crippen molar-refractivity contribution in [2.45, 2.75) is 12.8 Å². The van der Waals surface area contributed by atoms with Gasteiger partial charge in [-0.25, -0.2) is 9.37 Å². The van der Waals surface area contributed by atoms with Crippen LogP contribution >= 0.6 is 11.3 Å². The standard InChI is InChI=1S/C22H18F4N2O3S/c23-18-11-16(31-12-14-1-3-15(4-2-14)22(24,25)26)5-6-17(18)20-27-19(13-32-20)21(29)28-7-9-30-10-8-28/h1-6,11,13H,7-10,12H2. The minimum atomic E-state index is -4.40. The summed E-state index contributed by atoms with van der Waals surface area (Å²) in [7, 11) is 0. The highest BCUT2D eigenvalue weighted by atomic mass is 32.1. The normalized spacial score (nSPS) is 14.4. The minimum Gasteiger partial charge on any atom is -0.489 e. The number of halogens is 4. The van der Waals surface area contributed by atoms with Crippen LogP contribution in [0.4, 0.5) is 17.6 Å². The third-order valence-corrected chi connectivity index (χ3v) is 5.75. The van der Waals surface area contributed by atoms with Crippen LogP contribution in [0.5, 0.6) is 5.75 Å². The molecule has 5 nitrogen and oxygen atoms in total. The SMILES string of the molecule is O=C(c1csc(-c2ccc(OCc3ccc(C(F)(F)F)cc3)cc2F)n1)N1CCOCC1. The average Bonchev–Trinajstić information content (AvgIpc) is 3.27. The lowest BCUT2D eigenvalue weighted by Gasteiger charge is -2.25. The number of nitrogens with zero attached hydrogens (tertiary/aromatic N) is 2. The number of aromatic nitrogens is 1. The molecule has 2 heterocycles. The van der Waals surface area contributed by atoms with Crippen molar-refractivity contribution in [1.29, 1.82) is 0 Å². The van der Waals surface area contributed by atoms with Crippen molar-refractivity contribution in [2.24, 2.45) is 0 Å². The first-order valence-corrected chi connectivity index (χ1v) is 10.6. The zero-order valence-electron chi connectivity index (χ0n) is 16.7. The average molecular weight is 466 g/mol. The van der Waals surface area contributed by atoms with Crippen molar-refractivity contribution in [3.8, 4) is 16.3 Å². The van der Waals surface area contributed by atoms with Gasteiger partial charge in [0.1, 0.15) is 28.9 Å². The molecule has 0 atom stereocenters. The molecule has 32 heavy (non-hydrogen) atoms. The molecule has 0 unspecified atom stereocenters. The monoisotopic (exact) mass is 466 g/mol. The van der Waals surface area contributed by atoms with E-state index in [-0.39, 0.29) is 29.5 Å². The van der Waals surface area contributed by atoms with Crippen LogP contribution < -0.4 is 4.74 Å². The van der Waals surface area contributed by atoms with E-state index in [0.29, 0.717) is 36.9 Å². The third-order valence-electron chi connectivity index (χ3n) is 4.88. The van der Waals surface area contributed by atoms with E-state index in [1.807, 2.05) is 0 Å². The summed E-state index contributed by atoms with van der Waals surface area (Å²) in [6.07, 6.45) is -4.40. The summed E-state index contributed by atoms with van der Waals surface area (Å²) in [5.41, 5.74) is 0.270. The van der Waals surface area contributed by atoms with E-state index in [1.165, 1.54) is 35.6 Å². The van der Waals surface area contributed by atoms with Gasteiger partial charge in [-0.1, -0.05) is 12.1 Å². The van der Waals surface area contributed by atoms with Crippen molar-refractivity contribution in [3.05, 3.63) is 70.5 Å². The van der Waals surface area contributed by atoms with Crippen LogP contribution in [0.3, 0.4) is 0 Å². The Kier molecular flexibility index (Phi) is 6.43. The van der Waals surface area contributed by atoms with Crippen LogP contribution in [0.25, 0.3) is 10.6 Å². The van der Waals surface area contributed by atoms with Crippen LogP contribution in [0.2, 0.25) is 0 Å². The van der Waals surface area contributed by atoms with E-state index in [9.17, 15) is 22.4 Å². The van der Waals surface area contributed by atoms with Gasteiger partial charge in [0.05, 0.1) is 18.8 Å². The van der Waals surface area contributed by atoms with Gasteiger partial charge in [-0.2, -0.15) is 13.2 Å². The van der Waals surface area contributed by atoms with E-state index in [2.05, 4.69) is 4.98 Å². The van der Waals surface area contributed by atoms with Gasteiger partial charge in [0.15, 0.2) is 0 Å². The number of hydrogen-bond acceptors (Lipinski definition) is 5. The number of hydrogen-bond donors (Lipinski definition) is 0. The van der Waals surface area contributed by atoms with E-state index >= 15 is 0 Å². The fourth-order valence-electron chi connectivity index (χ4n) is 3.14. The molecule has 10 heteroatoms. The molecular formula is C22H18F4N2O3S. The molecule has 168 valence electrons. The van der Waals surface area contributed by atoms with Crippen LogP contribution in [-0.4, -0.2) is 42.1 Å². The van der Waals surface area contributed by atoms with Gasteiger partial charge in [0, 0.05) is 30.1 Å².